The number of ether oxygens (including phenoxy) is 2. The number of hydrogen-bond donors (Lipinski definition) is 1. The molecule has 0 heterocycles. The molecule has 0 aliphatic heterocycles. The molecule has 0 radical (unpaired) electrons. The van der Waals surface area contributed by atoms with Gasteiger partial charge < -0.3 is 14.8 Å². The summed E-state index contributed by atoms with van der Waals surface area (Å²) in [7, 11) is 1.51. The first kappa shape index (κ1) is 20.8. The van der Waals surface area contributed by atoms with Gasteiger partial charge in [0.25, 0.3) is 5.69 Å². The van der Waals surface area contributed by atoms with E-state index in [0.717, 1.165) is 6.07 Å². The lowest BCUT2D eigenvalue weighted by molar-refractivity contribution is -0.384. The molecule has 1 rings (SSSR count). The number of methoxy groups -OCH3 is 1. The van der Waals surface area contributed by atoms with E-state index in [0.29, 0.717) is 13.2 Å². The predicted octanol–water partition coefficient (Wildman–Crippen LogP) is 1.70. The number of anilines is 1. The maximum atomic E-state index is 12.2. The first-order valence-corrected chi connectivity index (χ1v) is 7.85. The zero-order valence-corrected chi connectivity index (χ0v) is 14.7. The van der Waals surface area contributed by atoms with Crippen LogP contribution in [0.25, 0.3) is 0 Å². The molecule has 0 aromatic heterocycles. The number of amides is 1. The van der Waals surface area contributed by atoms with E-state index in [4.69, 9.17) is 21.1 Å². The number of hydrogen-bond acceptors (Lipinski definition) is 7. The van der Waals surface area contributed by atoms with Crippen molar-refractivity contribution in [3.8, 4) is 0 Å². The molecule has 1 amide bonds. The Hall–Kier alpha value is -2.23. The van der Waals surface area contributed by atoms with E-state index in [1.54, 1.807) is 11.8 Å². The second-order valence-corrected chi connectivity index (χ2v) is 5.39. The third-order valence-electron chi connectivity index (χ3n) is 3.07. The Bertz CT molecular complexity index is 625. The van der Waals surface area contributed by atoms with Crippen molar-refractivity contribution < 1.29 is 24.0 Å². The predicted molar refractivity (Wildman–Crippen MR) is 91.7 cm³/mol. The van der Waals surface area contributed by atoms with E-state index in [9.17, 15) is 19.7 Å². The van der Waals surface area contributed by atoms with Gasteiger partial charge in [0, 0.05) is 25.8 Å². The van der Waals surface area contributed by atoms with Crippen LogP contribution in [0.2, 0.25) is 5.02 Å². The van der Waals surface area contributed by atoms with E-state index in [-0.39, 0.29) is 36.1 Å². The minimum absolute atomic E-state index is 0.0522. The Kier molecular flexibility index (Phi) is 8.82. The van der Waals surface area contributed by atoms with Gasteiger partial charge in [0.05, 0.1) is 41.9 Å². The summed E-state index contributed by atoms with van der Waals surface area (Å²) in [5.74, 6) is -0.865. The lowest BCUT2D eigenvalue weighted by Crippen LogP contribution is -2.39. The first-order chi connectivity index (χ1) is 11.9. The first-order valence-electron chi connectivity index (χ1n) is 7.48. The van der Waals surface area contributed by atoms with Crippen LogP contribution in [0.1, 0.15) is 6.92 Å². The summed E-state index contributed by atoms with van der Waals surface area (Å²) in [6, 6.07) is 3.74. The van der Waals surface area contributed by atoms with Crippen LogP contribution in [-0.4, -0.2) is 61.7 Å². The number of halogens is 1. The molecule has 10 heteroatoms. The highest BCUT2D eigenvalue weighted by molar-refractivity contribution is 6.34. The Labute approximate surface area is 150 Å². The Morgan fingerprint density at radius 1 is 1.36 bits per heavy atom. The van der Waals surface area contributed by atoms with Crippen LogP contribution in [0.3, 0.4) is 0 Å². The molecule has 0 unspecified atom stereocenters. The smallest absolute Gasteiger partial charge is 0.320 e. The number of carbonyl (C=O) groups is 2. The van der Waals surface area contributed by atoms with Crippen LogP contribution >= 0.6 is 11.6 Å². The molecule has 0 fully saturated rings. The maximum absolute atomic E-state index is 12.2. The SMILES string of the molecule is CCOC(=O)CN(CCOC)CC(=O)Nc1ccc([N+](=O)[O-])cc1Cl. The number of carbonyl (C=O) groups excluding carboxylic acids is 2. The number of non-ortho nitro benzene ring substituents is 1. The molecule has 138 valence electrons. The Balaban J connectivity index is 2.69. The van der Waals surface area contributed by atoms with Gasteiger partial charge in [-0.2, -0.15) is 0 Å². The number of rotatable bonds is 10. The molecule has 1 aromatic rings. The lowest BCUT2D eigenvalue weighted by atomic mass is 10.2. The van der Waals surface area contributed by atoms with Crippen LogP contribution in [-0.2, 0) is 19.1 Å². The van der Waals surface area contributed by atoms with Crippen LogP contribution in [0, 0.1) is 10.1 Å². The van der Waals surface area contributed by atoms with E-state index in [1.807, 2.05) is 0 Å². The van der Waals surface area contributed by atoms with Gasteiger partial charge in [0.2, 0.25) is 5.91 Å². The molecule has 1 N–H and O–H groups in total. The zero-order valence-electron chi connectivity index (χ0n) is 14.0. The van der Waals surface area contributed by atoms with Crippen LogP contribution < -0.4 is 5.32 Å². The van der Waals surface area contributed by atoms with Crippen molar-refractivity contribution in [1.82, 2.24) is 4.90 Å². The van der Waals surface area contributed by atoms with E-state index in [1.165, 1.54) is 19.2 Å². The van der Waals surface area contributed by atoms with Gasteiger partial charge in [-0.15, -0.1) is 0 Å². The second kappa shape index (κ2) is 10.6. The van der Waals surface area contributed by atoms with Crippen LogP contribution in [0.15, 0.2) is 18.2 Å². The normalized spacial score (nSPS) is 10.6. The van der Waals surface area contributed by atoms with Crippen molar-refractivity contribution in [3.05, 3.63) is 33.3 Å². The summed E-state index contributed by atoms with van der Waals surface area (Å²) >= 11 is 5.94. The fraction of sp³-hybridized carbons (Fsp3) is 0.467. The molecular weight excluding hydrogens is 354 g/mol. The second-order valence-electron chi connectivity index (χ2n) is 4.98. The molecule has 0 aliphatic carbocycles. The molecule has 9 nitrogen and oxygen atoms in total. The summed E-state index contributed by atoms with van der Waals surface area (Å²) in [5.41, 5.74) is 0.0760. The molecule has 25 heavy (non-hydrogen) atoms. The number of nitrogens with one attached hydrogen (secondary N) is 1. The standard InChI is InChI=1S/C15H20ClN3O6/c1-3-25-15(21)10-18(6-7-24-2)9-14(20)17-13-5-4-11(19(22)23)8-12(13)16/h4-5,8H,3,6-7,9-10H2,1-2H3,(H,17,20). The van der Waals surface area contributed by atoms with E-state index < -0.39 is 16.8 Å². The van der Waals surface area contributed by atoms with Crippen molar-refractivity contribution in [2.45, 2.75) is 6.92 Å². The maximum Gasteiger partial charge on any atom is 0.320 e. The highest BCUT2D eigenvalue weighted by atomic mass is 35.5. The number of benzene rings is 1. The Morgan fingerprint density at radius 3 is 2.64 bits per heavy atom. The number of nitro benzene ring substituents is 1. The summed E-state index contributed by atoms with van der Waals surface area (Å²) in [6.45, 7) is 2.50. The van der Waals surface area contributed by atoms with Crippen LogP contribution in [0.4, 0.5) is 11.4 Å². The fourth-order valence-electron chi connectivity index (χ4n) is 1.94. The molecule has 0 saturated heterocycles. The minimum atomic E-state index is -0.580. The largest absolute Gasteiger partial charge is 0.465 e. The van der Waals surface area contributed by atoms with Gasteiger partial charge >= 0.3 is 5.97 Å². The van der Waals surface area contributed by atoms with Crippen LogP contribution in [0.5, 0.6) is 0 Å². The number of esters is 1. The average Bonchev–Trinajstić information content (AvgIpc) is 2.54. The van der Waals surface area contributed by atoms with Crippen molar-refractivity contribution in [2.75, 3.05) is 45.3 Å². The lowest BCUT2D eigenvalue weighted by Gasteiger charge is -2.20. The highest BCUT2D eigenvalue weighted by Crippen LogP contribution is 2.26. The highest BCUT2D eigenvalue weighted by Gasteiger charge is 2.17. The molecule has 0 aliphatic rings. The average molecular weight is 374 g/mol. The topological polar surface area (TPSA) is 111 Å². The molecule has 0 spiro atoms. The quantitative estimate of drug-likeness (QED) is 0.377. The monoisotopic (exact) mass is 373 g/mol. The van der Waals surface area contributed by atoms with Crippen molar-refractivity contribution in [1.29, 1.82) is 0 Å². The Morgan fingerprint density at radius 2 is 2.08 bits per heavy atom. The van der Waals surface area contributed by atoms with E-state index >= 15 is 0 Å². The van der Waals surface area contributed by atoms with Gasteiger partial charge in [-0.05, 0) is 13.0 Å². The van der Waals surface area contributed by atoms with Crippen molar-refractivity contribution in [3.63, 3.8) is 0 Å². The molecule has 0 saturated carbocycles. The molecule has 1 aromatic carbocycles. The van der Waals surface area contributed by atoms with Gasteiger partial charge in [-0.3, -0.25) is 24.6 Å². The van der Waals surface area contributed by atoms with Gasteiger partial charge in [0.1, 0.15) is 0 Å². The van der Waals surface area contributed by atoms with Crippen molar-refractivity contribution in [2.24, 2.45) is 0 Å². The summed E-state index contributed by atoms with van der Waals surface area (Å²) in [6.07, 6.45) is 0. The zero-order chi connectivity index (χ0) is 18.8. The van der Waals surface area contributed by atoms with Gasteiger partial charge in [0.15, 0.2) is 0 Å². The minimum Gasteiger partial charge on any atom is -0.465 e. The van der Waals surface area contributed by atoms with Gasteiger partial charge in [-0.25, -0.2) is 0 Å². The number of nitro groups is 1. The third-order valence-corrected chi connectivity index (χ3v) is 3.39. The third kappa shape index (κ3) is 7.46. The molecule has 0 bridgehead atoms. The van der Waals surface area contributed by atoms with Gasteiger partial charge in [-0.1, -0.05) is 11.6 Å². The summed E-state index contributed by atoms with van der Waals surface area (Å²) in [4.78, 5) is 35.4. The summed E-state index contributed by atoms with van der Waals surface area (Å²) < 4.78 is 9.83. The fourth-order valence-corrected chi connectivity index (χ4v) is 2.16. The summed E-state index contributed by atoms with van der Waals surface area (Å²) in [5, 5.41) is 13.3. The van der Waals surface area contributed by atoms with E-state index in [2.05, 4.69) is 5.32 Å². The number of nitrogens with zero attached hydrogens (tertiary/aromatic N) is 2. The molecular formula is C15H20ClN3O6. The molecule has 0 atom stereocenters. The van der Waals surface area contributed by atoms with Crippen molar-refractivity contribution >= 4 is 34.9 Å².